The van der Waals surface area contributed by atoms with Crippen LogP contribution >= 0.6 is 10.7 Å². The van der Waals surface area contributed by atoms with Crippen LogP contribution in [0, 0.1) is 0 Å². The molecule has 0 spiro atoms. The first-order chi connectivity index (χ1) is 9.79. The summed E-state index contributed by atoms with van der Waals surface area (Å²) in [5.41, 5.74) is 0.00141. The second kappa shape index (κ2) is 7.63. The van der Waals surface area contributed by atoms with Gasteiger partial charge < -0.3 is 14.2 Å². The fraction of sp³-hybridized carbons (Fsp3) is 0.462. The van der Waals surface area contributed by atoms with Gasteiger partial charge >= 0.3 is 5.97 Å². The number of carbonyl (C=O) groups excluding carboxylic acids is 1. The molecule has 0 radical (unpaired) electrons. The lowest BCUT2D eigenvalue weighted by atomic mass is 10.2. The van der Waals surface area contributed by atoms with Crippen molar-refractivity contribution in [2.75, 3.05) is 20.3 Å². The molecule has 1 rings (SSSR count). The molecule has 0 aromatic heterocycles. The number of hydrogen-bond acceptors (Lipinski definition) is 6. The molecule has 0 aliphatic carbocycles. The van der Waals surface area contributed by atoms with Gasteiger partial charge in [-0.15, -0.1) is 0 Å². The fourth-order valence-corrected chi connectivity index (χ4v) is 2.39. The zero-order valence-electron chi connectivity index (χ0n) is 12.0. The number of halogens is 1. The van der Waals surface area contributed by atoms with Crippen molar-refractivity contribution in [2.24, 2.45) is 0 Å². The van der Waals surface area contributed by atoms with Crippen LogP contribution in [0.3, 0.4) is 0 Å². The van der Waals surface area contributed by atoms with Crippen LogP contribution in [-0.2, 0) is 18.5 Å². The lowest BCUT2D eigenvalue weighted by molar-refractivity contribution is 0.0117. The Morgan fingerprint density at radius 3 is 2.57 bits per heavy atom. The number of ether oxygens (including phenoxy) is 3. The zero-order chi connectivity index (χ0) is 16.0. The maximum Gasteiger partial charge on any atom is 0.342 e. The molecule has 8 heteroatoms. The van der Waals surface area contributed by atoms with Gasteiger partial charge in [-0.25, -0.2) is 13.2 Å². The second-order valence-electron chi connectivity index (χ2n) is 4.20. The first-order valence-electron chi connectivity index (χ1n) is 6.21. The molecule has 6 nitrogen and oxygen atoms in total. The van der Waals surface area contributed by atoms with Crippen molar-refractivity contribution in [3.63, 3.8) is 0 Å². The Balaban J connectivity index is 3.14. The highest BCUT2D eigenvalue weighted by Crippen LogP contribution is 2.25. The van der Waals surface area contributed by atoms with E-state index in [0.717, 1.165) is 6.07 Å². The van der Waals surface area contributed by atoms with Gasteiger partial charge in [0.2, 0.25) is 0 Å². The molecule has 0 saturated heterocycles. The zero-order valence-corrected chi connectivity index (χ0v) is 13.5. The van der Waals surface area contributed by atoms with Gasteiger partial charge in [0.15, 0.2) is 0 Å². The highest BCUT2D eigenvalue weighted by atomic mass is 35.7. The van der Waals surface area contributed by atoms with E-state index in [-0.39, 0.29) is 22.8 Å². The monoisotopic (exact) mass is 336 g/mol. The molecule has 0 N–H and O–H groups in total. The summed E-state index contributed by atoms with van der Waals surface area (Å²) in [6, 6.07) is 3.77. The van der Waals surface area contributed by atoms with Crippen LogP contribution in [0.1, 0.15) is 24.2 Å². The van der Waals surface area contributed by atoms with Gasteiger partial charge in [0, 0.05) is 17.8 Å². The molecular weight excluding hydrogens is 320 g/mol. The quantitative estimate of drug-likeness (QED) is 0.561. The van der Waals surface area contributed by atoms with E-state index < -0.39 is 21.1 Å². The summed E-state index contributed by atoms with van der Waals surface area (Å²) in [7, 11) is 2.82. The largest absolute Gasteiger partial charge is 0.493 e. The Kier molecular flexibility index (Phi) is 6.44. The number of rotatable bonds is 7. The maximum absolute atomic E-state index is 12.1. The summed E-state index contributed by atoms with van der Waals surface area (Å²) in [4.78, 5) is 11.9. The van der Waals surface area contributed by atoms with Crippen molar-refractivity contribution < 1.29 is 27.4 Å². The topological polar surface area (TPSA) is 78.9 Å². The summed E-state index contributed by atoms with van der Waals surface area (Å²) in [5, 5.41) is 0. The fourth-order valence-electron chi connectivity index (χ4n) is 1.62. The van der Waals surface area contributed by atoms with E-state index in [0.29, 0.717) is 6.61 Å². The number of benzene rings is 1. The predicted molar refractivity (Wildman–Crippen MR) is 77.4 cm³/mol. The Hall–Kier alpha value is -1.31. The molecule has 118 valence electrons. The van der Waals surface area contributed by atoms with Crippen molar-refractivity contribution in [3.05, 3.63) is 23.8 Å². The van der Waals surface area contributed by atoms with Crippen LogP contribution in [0.5, 0.6) is 5.75 Å². The smallest absolute Gasteiger partial charge is 0.342 e. The molecule has 1 aromatic rings. The Morgan fingerprint density at radius 2 is 2.05 bits per heavy atom. The lowest BCUT2D eigenvalue weighted by Gasteiger charge is -2.15. The standard InChI is InChI=1S/C13H17ClO6S/c1-4-19-12-6-5-10(21(14,16)17)7-11(12)13(15)20-9(2)8-18-3/h5-7,9H,4,8H2,1-3H3. The Morgan fingerprint density at radius 1 is 1.38 bits per heavy atom. The summed E-state index contributed by atoms with van der Waals surface area (Å²) >= 11 is 0. The van der Waals surface area contributed by atoms with Crippen molar-refractivity contribution >= 4 is 25.7 Å². The maximum atomic E-state index is 12.1. The molecule has 1 atom stereocenters. The summed E-state index contributed by atoms with van der Waals surface area (Å²) in [6.45, 7) is 3.95. The molecular formula is C13H17ClO6S. The van der Waals surface area contributed by atoms with Crippen molar-refractivity contribution in [1.82, 2.24) is 0 Å². The predicted octanol–water partition coefficient (Wildman–Crippen LogP) is 2.20. The van der Waals surface area contributed by atoms with Gasteiger partial charge in [-0.1, -0.05) is 0 Å². The Labute approximate surface area is 128 Å². The molecule has 0 fully saturated rings. The third-order valence-electron chi connectivity index (χ3n) is 2.46. The molecule has 21 heavy (non-hydrogen) atoms. The van der Waals surface area contributed by atoms with Crippen molar-refractivity contribution in [1.29, 1.82) is 0 Å². The van der Waals surface area contributed by atoms with Crippen LogP contribution in [0.4, 0.5) is 0 Å². The average Bonchev–Trinajstić information content (AvgIpc) is 2.38. The SMILES string of the molecule is CCOc1ccc(S(=O)(=O)Cl)cc1C(=O)OC(C)COC. The van der Waals surface area contributed by atoms with Gasteiger partial charge in [-0.3, -0.25) is 0 Å². The average molecular weight is 337 g/mol. The van der Waals surface area contributed by atoms with E-state index in [1.165, 1.54) is 19.2 Å². The van der Waals surface area contributed by atoms with E-state index in [2.05, 4.69) is 0 Å². The summed E-state index contributed by atoms with van der Waals surface area (Å²) < 4.78 is 38.0. The highest BCUT2D eigenvalue weighted by Gasteiger charge is 2.21. The second-order valence-corrected chi connectivity index (χ2v) is 6.77. The van der Waals surface area contributed by atoms with Gasteiger partial charge in [-0.05, 0) is 32.0 Å². The first kappa shape index (κ1) is 17.7. The highest BCUT2D eigenvalue weighted by molar-refractivity contribution is 8.13. The van der Waals surface area contributed by atoms with Crippen LogP contribution in [0.25, 0.3) is 0 Å². The van der Waals surface area contributed by atoms with E-state index in [9.17, 15) is 13.2 Å². The lowest BCUT2D eigenvalue weighted by Crippen LogP contribution is -2.20. The minimum absolute atomic E-state index is 0.00141. The minimum Gasteiger partial charge on any atom is -0.493 e. The summed E-state index contributed by atoms with van der Waals surface area (Å²) in [5.74, 6) is -0.471. The first-order valence-corrected chi connectivity index (χ1v) is 8.52. The van der Waals surface area contributed by atoms with Gasteiger partial charge in [0.1, 0.15) is 17.4 Å². The number of esters is 1. The molecule has 0 saturated carbocycles. The third kappa shape index (κ3) is 5.18. The molecule has 1 unspecified atom stereocenters. The van der Waals surface area contributed by atoms with Gasteiger partial charge in [0.25, 0.3) is 9.05 Å². The van der Waals surface area contributed by atoms with Gasteiger partial charge in [0.05, 0.1) is 18.1 Å². The van der Waals surface area contributed by atoms with Crippen molar-refractivity contribution in [2.45, 2.75) is 24.8 Å². The molecule has 0 amide bonds. The molecule has 0 heterocycles. The van der Waals surface area contributed by atoms with E-state index in [1.807, 2.05) is 0 Å². The van der Waals surface area contributed by atoms with Crippen LogP contribution in [-0.4, -0.2) is 40.8 Å². The Bertz CT molecular complexity index is 599. The molecule has 0 bridgehead atoms. The normalized spacial score (nSPS) is 12.8. The van der Waals surface area contributed by atoms with Crippen LogP contribution in [0.2, 0.25) is 0 Å². The molecule has 0 aliphatic heterocycles. The van der Waals surface area contributed by atoms with Crippen LogP contribution in [0.15, 0.2) is 23.1 Å². The van der Waals surface area contributed by atoms with Crippen LogP contribution < -0.4 is 4.74 Å². The molecule has 1 aromatic carbocycles. The van der Waals surface area contributed by atoms with E-state index in [4.69, 9.17) is 24.9 Å². The van der Waals surface area contributed by atoms with E-state index >= 15 is 0 Å². The van der Waals surface area contributed by atoms with Gasteiger partial charge in [-0.2, -0.15) is 0 Å². The number of carbonyl (C=O) groups is 1. The third-order valence-corrected chi connectivity index (χ3v) is 3.81. The molecule has 0 aliphatic rings. The van der Waals surface area contributed by atoms with Crippen molar-refractivity contribution in [3.8, 4) is 5.75 Å². The number of methoxy groups -OCH3 is 1. The minimum atomic E-state index is -3.95. The number of hydrogen-bond donors (Lipinski definition) is 0. The van der Waals surface area contributed by atoms with E-state index in [1.54, 1.807) is 13.8 Å². The summed E-state index contributed by atoms with van der Waals surface area (Å²) in [6.07, 6.45) is -0.478.